The van der Waals surface area contributed by atoms with E-state index in [1.54, 1.807) is 0 Å². The van der Waals surface area contributed by atoms with E-state index in [4.69, 9.17) is 17.3 Å². The largest absolute Gasteiger partial charge is 0.383 e. The van der Waals surface area contributed by atoms with E-state index in [2.05, 4.69) is 25.8 Å². The summed E-state index contributed by atoms with van der Waals surface area (Å²) in [5.74, 6) is 1.24. The van der Waals surface area contributed by atoms with Gasteiger partial charge < -0.3 is 15.5 Å². The molecule has 0 atom stereocenters. The zero-order valence-electron chi connectivity index (χ0n) is 13.2. The summed E-state index contributed by atoms with van der Waals surface area (Å²) in [7, 11) is 0. The van der Waals surface area contributed by atoms with Crippen LogP contribution in [0.4, 0.5) is 17.5 Å². The molecule has 122 valence electrons. The lowest BCUT2D eigenvalue weighted by Crippen LogP contribution is -2.47. The Morgan fingerprint density at radius 2 is 1.62 bits per heavy atom. The second kappa shape index (κ2) is 6.17. The maximum atomic E-state index is 6.10. The molecule has 0 radical (unpaired) electrons. The van der Waals surface area contributed by atoms with E-state index in [-0.39, 0.29) is 0 Å². The van der Waals surface area contributed by atoms with Crippen LogP contribution in [0.3, 0.4) is 0 Å². The molecule has 3 aromatic rings. The average Bonchev–Trinajstić information content (AvgIpc) is 2.62. The van der Waals surface area contributed by atoms with Crippen molar-refractivity contribution in [1.29, 1.82) is 0 Å². The fraction of sp³-hybridized carbons (Fsp3) is 0.222. The number of para-hydroxylation sites is 1. The highest BCUT2D eigenvalue weighted by molar-refractivity contribution is 6.30. The monoisotopic (exact) mass is 339 g/mol. The number of aromatic nitrogens is 2. The van der Waals surface area contributed by atoms with Crippen molar-refractivity contribution in [2.24, 2.45) is 0 Å². The van der Waals surface area contributed by atoms with Crippen molar-refractivity contribution in [3.05, 3.63) is 53.6 Å². The number of nitrogens with zero attached hydrogens (tertiary/aromatic N) is 4. The van der Waals surface area contributed by atoms with Gasteiger partial charge in [0.15, 0.2) is 0 Å². The number of fused-ring (bicyclic) bond motifs is 1. The molecule has 2 aromatic carbocycles. The molecule has 0 amide bonds. The van der Waals surface area contributed by atoms with Crippen LogP contribution in [0.25, 0.3) is 10.9 Å². The lowest BCUT2D eigenvalue weighted by Gasteiger charge is -2.36. The van der Waals surface area contributed by atoms with Gasteiger partial charge in [-0.2, -0.15) is 4.98 Å². The van der Waals surface area contributed by atoms with Gasteiger partial charge in [-0.1, -0.05) is 29.8 Å². The van der Waals surface area contributed by atoms with Crippen LogP contribution in [0.2, 0.25) is 5.02 Å². The van der Waals surface area contributed by atoms with Crippen molar-refractivity contribution in [2.45, 2.75) is 0 Å². The summed E-state index contributed by atoms with van der Waals surface area (Å²) in [6, 6.07) is 15.8. The van der Waals surface area contributed by atoms with Gasteiger partial charge in [0.05, 0.1) is 5.52 Å². The highest BCUT2D eigenvalue weighted by atomic mass is 35.5. The Balaban J connectivity index is 1.54. The molecule has 0 saturated carbocycles. The highest BCUT2D eigenvalue weighted by Crippen LogP contribution is 2.24. The number of rotatable bonds is 2. The third-order valence-electron chi connectivity index (χ3n) is 4.36. The topological polar surface area (TPSA) is 58.3 Å². The molecule has 6 heteroatoms. The molecule has 1 aromatic heterocycles. The molecule has 1 aliphatic heterocycles. The summed E-state index contributed by atoms with van der Waals surface area (Å²) in [4.78, 5) is 13.7. The van der Waals surface area contributed by atoms with Gasteiger partial charge in [-0.25, -0.2) is 4.98 Å². The normalized spacial score (nSPS) is 15.0. The van der Waals surface area contributed by atoms with Crippen LogP contribution in [0.15, 0.2) is 48.5 Å². The van der Waals surface area contributed by atoms with E-state index in [0.717, 1.165) is 47.8 Å². The van der Waals surface area contributed by atoms with E-state index >= 15 is 0 Å². The van der Waals surface area contributed by atoms with Crippen LogP contribution >= 0.6 is 11.6 Å². The summed E-state index contributed by atoms with van der Waals surface area (Å²) >= 11 is 6.09. The second-order valence-electron chi connectivity index (χ2n) is 5.88. The smallest absolute Gasteiger partial charge is 0.228 e. The van der Waals surface area contributed by atoms with Gasteiger partial charge >= 0.3 is 0 Å². The van der Waals surface area contributed by atoms with Crippen LogP contribution < -0.4 is 15.5 Å². The number of nitrogen functional groups attached to an aromatic ring is 1. The van der Waals surface area contributed by atoms with Crippen molar-refractivity contribution in [3.63, 3.8) is 0 Å². The second-order valence-corrected chi connectivity index (χ2v) is 6.32. The number of nitrogens with two attached hydrogens (primary N) is 1. The molecular weight excluding hydrogens is 322 g/mol. The lowest BCUT2D eigenvalue weighted by atomic mass is 10.2. The molecule has 4 rings (SSSR count). The van der Waals surface area contributed by atoms with Gasteiger partial charge in [0.2, 0.25) is 5.95 Å². The van der Waals surface area contributed by atoms with Gasteiger partial charge in [-0.15, -0.1) is 0 Å². The minimum Gasteiger partial charge on any atom is -0.383 e. The third kappa shape index (κ3) is 2.83. The third-order valence-corrected chi connectivity index (χ3v) is 4.59. The SMILES string of the molecule is Nc1nc(N2CCN(c3cccc(Cl)c3)CC2)nc2ccccc12. The van der Waals surface area contributed by atoms with Crippen molar-refractivity contribution in [3.8, 4) is 0 Å². The Labute approximate surface area is 145 Å². The molecule has 2 N–H and O–H groups in total. The quantitative estimate of drug-likeness (QED) is 0.777. The molecule has 0 spiro atoms. The first-order valence-electron chi connectivity index (χ1n) is 7.98. The van der Waals surface area contributed by atoms with Crippen LogP contribution in [-0.2, 0) is 0 Å². The summed E-state index contributed by atoms with van der Waals surface area (Å²) in [5.41, 5.74) is 8.14. The van der Waals surface area contributed by atoms with E-state index < -0.39 is 0 Å². The molecule has 0 aliphatic carbocycles. The van der Waals surface area contributed by atoms with Gasteiger partial charge in [0, 0.05) is 42.3 Å². The predicted octanol–water partition coefficient (Wildman–Crippen LogP) is 3.19. The van der Waals surface area contributed by atoms with Crippen LogP contribution in [0.5, 0.6) is 0 Å². The minimum absolute atomic E-state index is 0.535. The molecule has 1 saturated heterocycles. The van der Waals surface area contributed by atoms with E-state index in [9.17, 15) is 0 Å². The lowest BCUT2D eigenvalue weighted by molar-refractivity contribution is 0.641. The Bertz CT molecular complexity index is 874. The van der Waals surface area contributed by atoms with E-state index in [1.165, 1.54) is 0 Å². The minimum atomic E-state index is 0.535. The molecule has 0 bridgehead atoms. The van der Waals surface area contributed by atoms with Crippen molar-refractivity contribution in [2.75, 3.05) is 41.7 Å². The molecule has 2 heterocycles. The summed E-state index contributed by atoms with van der Waals surface area (Å²) in [6.07, 6.45) is 0. The molecule has 0 unspecified atom stereocenters. The first kappa shape index (κ1) is 15.0. The van der Waals surface area contributed by atoms with Crippen molar-refractivity contribution >= 4 is 40.0 Å². The summed E-state index contributed by atoms with van der Waals surface area (Å²) in [5, 5.41) is 1.67. The number of piperazine rings is 1. The summed E-state index contributed by atoms with van der Waals surface area (Å²) in [6.45, 7) is 3.50. The van der Waals surface area contributed by atoms with Gasteiger partial charge in [0.25, 0.3) is 0 Å². The van der Waals surface area contributed by atoms with Crippen LogP contribution in [-0.4, -0.2) is 36.1 Å². The van der Waals surface area contributed by atoms with Crippen molar-refractivity contribution in [1.82, 2.24) is 9.97 Å². The van der Waals surface area contributed by atoms with Gasteiger partial charge in [-0.05, 0) is 30.3 Å². The molecule has 5 nitrogen and oxygen atoms in total. The standard InChI is InChI=1S/C18H18ClN5/c19-13-4-3-5-14(12-13)23-8-10-24(11-9-23)18-21-16-7-2-1-6-15(16)17(20)22-18/h1-7,12H,8-11H2,(H2,20,21,22). The van der Waals surface area contributed by atoms with Crippen molar-refractivity contribution < 1.29 is 0 Å². The van der Waals surface area contributed by atoms with Crippen LogP contribution in [0.1, 0.15) is 0 Å². The molecule has 1 fully saturated rings. The van der Waals surface area contributed by atoms with Crippen LogP contribution in [0, 0.1) is 0 Å². The predicted molar refractivity (Wildman–Crippen MR) is 99.8 cm³/mol. The average molecular weight is 340 g/mol. The van der Waals surface area contributed by atoms with E-state index in [1.807, 2.05) is 42.5 Å². The number of anilines is 3. The van der Waals surface area contributed by atoms with E-state index in [0.29, 0.717) is 11.8 Å². The van der Waals surface area contributed by atoms with Gasteiger partial charge in [0.1, 0.15) is 5.82 Å². The Hall–Kier alpha value is -2.53. The number of hydrogen-bond donors (Lipinski definition) is 1. The number of hydrogen-bond acceptors (Lipinski definition) is 5. The number of benzene rings is 2. The highest BCUT2D eigenvalue weighted by Gasteiger charge is 2.20. The Morgan fingerprint density at radius 1 is 0.875 bits per heavy atom. The first-order chi connectivity index (χ1) is 11.7. The summed E-state index contributed by atoms with van der Waals surface area (Å²) < 4.78 is 0. The maximum Gasteiger partial charge on any atom is 0.228 e. The number of halogens is 1. The first-order valence-corrected chi connectivity index (χ1v) is 8.36. The Kier molecular flexibility index (Phi) is 3.86. The maximum absolute atomic E-state index is 6.10. The fourth-order valence-electron chi connectivity index (χ4n) is 3.07. The fourth-order valence-corrected chi connectivity index (χ4v) is 3.25. The molecule has 24 heavy (non-hydrogen) atoms. The zero-order chi connectivity index (χ0) is 16.5. The molecular formula is C18H18ClN5. The molecule has 1 aliphatic rings. The Morgan fingerprint density at radius 3 is 2.42 bits per heavy atom. The van der Waals surface area contributed by atoms with Gasteiger partial charge in [-0.3, -0.25) is 0 Å². The zero-order valence-corrected chi connectivity index (χ0v) is 13.9.